The summed E-state index contributed by atoms with van der Waals surface area (Å²) in [5.41, 5.74) is 0.178. The van der Waals surface area contributed by atoms with E-state index in [1.807, 2.05) is 7.05 Å². The van der Waals surface area contributed by atoms with Crippen LogP contribution in [0.15, 0.2) is 4.99 Å². The van der Waals surface area contributed by atoms with Crippen molar-refractivity contribution in [3.63, 3.8) is 0 Å². The van der Waals surface area contributed by atoms with E-state index in [0.717, 1.165) is 25.0 Å². The Balaban J connectivity index is 2.40. The van der Waals surface area contributed by atoms with Gasteiger partial charge in [-0.3, -0.25) is 9.89 Å². The van der Waals surface area contributed by atoms with Gasteiger partial charge in [0.15, 0.2) is 5.96 Å². The molecule has 1 rings (SSSR count). The number of unbranched alkanes of at least 4 members (excludes halogenated alkanes) is 1. The molecule has 1 fully saturated rings. The molecule has 1 saturated heterocycles. The van der Waals surface area contributed by atoms with Gasteiger partial charge < -0.3 is 10.6 Å². The van der Waals surface area contributed by atoms with Crippen LogP contribution in [0.5, 0.6) is 0 Å². The van der Waals surface area contributed by atoms with E-state index in [4.69, 9.17) is 0 Å². The molecule has 0 aliphatic carbocycles. The maximum Gasteiger partial charge on any atom is 0.191 e. The molecular formula is C16H34N4. The van der Waals surface area contributed by atoms with Crippen LogP contribution in [0.25, 0.3) is 0 Å². The minimum absolute atomic E-state index is 0.178. The Morgan fingerprint density at radius 1 is 1.35 bits per heavy atom. The van der Waals surface area contributed by atoms with Crippen molar-refractivity contribution >= 4 is 5.96 Å². The highest BCUT2D eigenvalue weighted by molar-refractivity contribution is 5.79. The van der Waals surface area contributed by atoms with Crippen molar-refractivity contribution in [3.8, 4) is 0 Å². The molecule has 0 aromatic heterocycles. The molecule has 0 aromatic rings. The molecule has 1 heterocycles. The summed E-state index contributed by atoms with van der Waals surface area (Å²) < 4.78 is 0. The van der Waals surface area contributed by atoms with E-state index in [1.165, 1.54) is 38.8 Å². The zero-order chi connectivity index (χ0) is 15.0. The number of piperidine rings is 1. The van der Waals surface area contributed by atoms with E-state index in [9.17, 15) is 0 Å². The number of hydrogen-bond acceptors (Lipinski definition) is 2. The lowest BCUT2D eigenvalue weighted by molar-refractivity contribution is 0.0739. The van der Waals surface area contributed by atoms with Crippen LogP contribution in [0.1, 0.15) is 53.4 Å². The minimum atomic E-state index is 0.178. The van der Waals surface area contributed by atoms with Gasteiger partial charge in [-0.15, -0.1) is 0 Å². The molecule has 0 aromatic carbocycles. The van der Waals surface area contributed by atoms with Gasteiger partial charge in [-0.2, -0.15) is 0 Å². The molecule has 0 radical (unpaired) electrons. The highest BCUT2D eigenvalue weighted by atomic mass is 15.2. The average molecular weight is 282 g/mol. The van der Waals surface area contributed by atoms with Crippen LogP contribution < -0.4 is 10.6 Å². The Labute approximate surface area is 125 Å². The SMILES string of the molecule is CCCCNC(=NC)NCC(C)(C)N1CCCC(C)C1. The second kappa shape index (κ2) is 8.50. The molecule has 1 atom stereocenters. The zero-order valence-corrected chi connectivity index (χ0v) is 14.1. The molecule has 2 N–H and O–H groups in total. The van der Waals surface area contributed by atoms with Crippen molar-refractivity contribution in [1.29, 1.82) is 0 Å². The number of guanidine groups is 1. The van der Waals surface area contributed by atoms with Crippen LogP contribution in [-0.2, 0) is 0 Å². The van der Waals surface area contributed by atoms with E-state index in [0.29, 0.717) is 0 Å². The monoisotopic (exact) mass is 282 g/mol. The summed E-state index contributed by atoms with van der Waals surface area (Å²) in [7, 11) is 1.84. The smallest absolute Gasteiger partial charge is 0.191 e. The van der Waals surface area contributed by atoms with Gasteiger partial charge in [0.2, 0.25) is 0 Å². The predicted molar refractivity (Wildman–Crippen MR) is 88.3 cm³/mol. The lowest BCUT2D eigenvalue weighted by Crippen LogP contribution is -2.56. The van der Waals surface area contributed by atoms with Crippen molar-refractivity contribution < 1.29 is 0 Å². The maximum absolute atomic E-state index is 4.30. The van der Waals surface area contributed by atoms with Crippen LogP contribution in [0.4, 0.5) is 0 Å². The van der Waals surface area contributed by atoms with Gasteiger partial charge in [-0.05, 0) is 45.6 Å². The lowest BCUT2D eigenvalue weighted by atomic mass is 9.93. The number of nitrogens with zero attached hydrogens (tertiary/aromatic N) is 2. The molecule has 118 valence electrons. The van der Waals surface area contributed by atoms with E-state index in [-0.39, 0.29) is 5.54 Å². The third-order valence-corrected chi connectivity index (χ3v) is 4.25. The van der Waals surface area contributed by atoms with E-state index in [1.54, 1.807) is 0 Å². The van der Waals surface area contributed by atoms with E-state index in [2.05, 4.69) is 48.2 Å². The fraction of sp³-hybridized carbons (Fsp3) is 0.938. The van der Waals surface area contributed by atoms with Crippen LogP contribution in [0, 0.1) is 5.92 Å². The van der Waals surface area contributed by atoms with Crippen LogP contribution in [-0.4, -0.2) is 49.6 Å². The van der Waals surface area contributed by atoms with Gasteiger partial charge in [-0.1, -0.05) is 20.3 Å². The second-order valence-electron chi connectivity index (χ2n) is 6.71. The van der Waals surface area contributed by atoms with E-state index >= 15 is 0 Å². The third kappa shape index (κ3) is 5.70. The maximum atomic E-state index is 4.30. The first-order chi connectivity index (χ1) is 9.49. The summed E-state index contributed by atoms with van der Waals surface area (Å²) in [6.45, 7) is 13.6. The molecule has 0 spiro atoms. The average Bonchev–Trinajstić information content (AvgIpc) is 2.42. The van der Waals surface area contributed by atoms with Crippen molar-refractivity contribution in [2.45, 2.75) is 58.9 Å². The molecule has 1 aliphatic rings. The predicted octanol–water partition coefficient (Wildman–Crippen LogP) is 2.46. The summed E-state index contributed by atoms with van der Waals surface area (Å²) >= 11 is 0. The number of aliphatic imine (C=N–C) groups is 1. The summed E-state index contributed by atoms with van der Waals surface area (Å²) in [4.78, 5) is 6.92. The standard InChI is InChI=1S/C16H34N4/c1-6-7-10-18-15(17-5)19-13-16(3,4)20-11-8-9-14(2)12-20/h14H,6-13H2,1-5H3,(H2,17,18,19). The largest absolute Gasteiger partial charge is 0.356 e. The van der Waals surface area contributed by atoms with Gasteiger partial charge in [0.25, 0.3) is 0 Å². The fourth-order valence-corrected chi connectivity index (χ4v) is 2.76. The van der Waals surface area contributed by atoms with Gasteiger partial charge >= 0.3 is 0 Å². The highest BCUT2D eigenvalue weighted by Crippen LogP contribution is 2.23. The molecule has 4 heteroatoms. The first kappa shape index (κ1) is 17.3. The first-order valence-corrected chi connectivity index (χ1v) is 8.19. The molecule has 0 bridgehead atoms. The molecule has 20 heavy (non-hydrogen) atoms. The number of rotatable bonds is 6. The Morgan fingerprint density at radius 3 is 2.70 bits per heavy atom. The zero-order valence-electron chi connectivity index (χ0n) is 14.1. The van der Waals surface area contributed by atoms with E-state index < -0.39 is 0 Å². The van der Waals surface area contributed by atoms with Crippen LogP contribution in [0.3, 0.4) is 0 Å². The molecule has 1 aliphatic heterocycles. The number of likely N-dealkylation sites (tertiary alicyclic amines) is 1. The third-order valence-electron chi connectivity index (χ3n) is 4.25. The summed E-state index contributed by atoms with van der Waals surface area (Å²) in [5, 5.41) is 6.85. The Hall–Kier alpha value is -0.770. The fourth-order valence-electron chi connectivity index (χ4n) is 2.76. The quantitative estimate of drug-likeness (QED) is 0.447. The molecule has 0 saturated carbocycles. The Morgan fingerprint density at radius 2 is 2.10 bits per heavy atom. The van der Waals surface area contributed by atoms with Crippen LogP contribution >= 0.6 is 0 Å². The second-order valence-corrected chi connectivity index (χ2v) is 6.71. The number of hydrogen-bond donors (Lipinski definition) is 2. The van der Waals surface area contributed by atoms with Gasteiger partial charge in [-0.25, -0.2) is 0 Å². The molecule has 4 nitrogen and oxygen atoms in total. The number of nitrogens with one attached hydrogen (secondary N) is 2. The topological polar surface area (TPSA) is 39.7 Å². The van der Waals surface area contributed by atoms with Crippen LogP contribution in [0.2, 0.25) is 0 Å². The summed E-state index contributed by atoms with van der Waals surface area (Å²) in [6, 6.07) is 0. The summed E-state index contributed by atoms with van der Waals surface area (Å²) in [6.07, 6.45) is 5.10. The lowest BCUT2D eigenvalue weighted by Gasteiger charge is -2.43. The minimum Gasteiger partial charge on any atom is -0.356 e. The highest BCUT2D eigenvalue weighted by Gasteiger charge is 2.30. The normalized spacial score (nSPS) is 21.9. The van der Waals surface area contributed by atoms with Gasteiger partial charge in [0.05, 0.1) is 0 Å². The van der Waals surface area contributed by atoms with Gasteiger partial charge in [0.1, 0.15) is 0 Å². The van der Waals surface area contributed by atoms with Crippen molar-refractivity contribution in [2.24, 2.45) is 10.9 Å². The van der Waals surface area contributed by atoms with Crippen molar-refractivity contribution in [3.05, 3.63) is 0 Å². The molecule has 0 amide bonds. The van der Waals surface area contributed by atoms with Gasteiger partial charge in [0, 0.05) is 32.2 Å². The summed E-state index contributed by atoms with van der Waals surface area (Å²) in [5.74, 6) is 1.75. The van der Waals surface area contributed by atoms with Crippen molar-refractivity contribution in [1.82, 2.24) is 15.5 Å². The molecular weight excluding hydrogens is 248 g/mol. The Bertz CT molecular complexity index is 299. The van der Waals surface area contributed by atoms with Crippen molar-refractivity contribution in [2.75, 3.05) is 33.2 Å². The Kier molecular flexibility index (Phi) is 7.35. The molecule has 1 unspecified atom stereocenters. The first-order valence-electron chi connectivity index (χ1n) is 8.19.